The lowest BCUT2D eigenvalue weighted by atomic mass is 10.1. The van der Waals surface area contributed by atoms with E-state index in [2.05, 4.69) is 10.6 Å². The summed E-state index contributed by atoms with van der Waals surface area (Å²) in [6.07, 6.45) is 1.33. The van der Waals surface area contributed by atoms with Crippen molar-refractivity contribution in [3.8, 4) is 12.1 Å². The summed E-state index contributed by atoms with van der Waals surface area (Å²) < 4.78 is 0. The molecule has 0 heterocycles. The van der Waals surface area contributed by atoms with Gasteiger partial charge in [0.1, 0.15) is 17.7 Å². The number of anilines is 2. The largest absolute Gasteiger partial charge is 0.360 e. The highest BCUT2D eigenvalue weighted by Crippen LogP contribution is 2.20. The van der Waals surface area contributed by atoms with E-state index in [0.29, 0.717) is 5.69 Å². The Bertz CT molecular complexity index is 560. The third kappa shape index (κ3) is 3.66. The summed E-state index contributed by atoms with van der Waals surface area (Å²) in [6.45, 7) is 3.31. The molecule has 1 aromatic rings. The van der Waals surface area contributed by atoms with Crippen molar-refractivity contribution in [3.05, 3.63) is 35.5 Å². The van der Waals surface area contributed by atoms with Crippen molar-refractivity contribution in [3.63, 3.8) is 0 Å². The number of nitriles is 2. The zero-order valence-electron chi connectivity index (χ0n) is 10.1. The van der Waals surface area contributed by atoms with Crippen LogP contribution < -0.4 is 10.6 Å². The van der Waals surface area contributed by atoms with Crippen LogP contribution >= 0.6 is 0 Å². The minimum Gasteiger partial charge on any atom is -0.360 e. The summed E-state index contributed by atoms with van der Waals surface area (Å²) in [7, 11) is 0. The number of benzene rings is 1. The van der Waals surface area contributed by atoms with Crippen LogP contribution in [0.2, 0.25) is 0 Å². The average Bonchev–Trinajstić information content (AvgIpc) is 2.33. The lowest BCUT2D eigenvalue weighted by molar-refractivity contribution is -0.114. The molecule has 2 N–H and O–H groups in total. The lowest BCUT2D eigenvalue weighted by Gasteiger charge is -2.08. The molecule has 0 aliphatic carbocycles. The van der Waals surface area contributed by atoms with Crippen molar-refractivity contribution in [1.29, 1.82) is 10.5 Å². The van der Waals surface area contributed by atoms with Crippen LogP contribution in [0.1, 0.15) is 12.5 Å². The van der Waals surface area contributed by atoms with Crippen molar-refractivity contribution in [2.45, 2.75) is 13.8 Å². The lowest BCUT2D eigenvalue weighted by Crippen LogP contribution is -2.06. The quantitative estimate of drug-likeness (QED) is 0.793. The standard InChI is InChI=1S/C13H12N4O/c1-9-3-4-12(17-10(2)18)5-13(9)16-8-11(6-14)7-15/h3-5,8,16H,1-2H3,(H,17,18). The van der Waals surface area contributed by atoms with Gasteiger partial charge in [0, 0.05) is 24.5 Å². The van der Waals surface area contributed by atoms with Crippen molar-refractivity contribution >= 4 is 17.3 Å². The molecule has 1 amide bonds. The van der Waals surface area contributed by atoms with Crippen molar-refractivity contribution in [1.82, 2.24) is 0 Å². The van der Waals surface area contributed by atoms with Crippen LogP contribution in [0.4, 0.5) is 11.4 Å². The molecule has 0 unspecified atom stereocenters. The number of hydrogen-bond donors (Lipinski definition) is 2. The molecule has 0 spiro atoms. The van der Waals surface area contributed by atoms with Gasteiger partial charge in [0.25, 0.3) is 0 Å². The fraction of sp³-hybridized carbons (Fsp3) is 0.154. The van der Waals surface area contributed by atoms with E-state index in [0.717, 1.165) is 11.3 Å². The molecule has 18 heavy (non-hydrogen) atoms. The Kier molecular flexibility index (Phi) is 4.48. The smallest absolute Gasteiger partial charge is 0.221 e. The third-order valence-electron chi connectivity index (χ3n) is 2.17. The maximum Gasteiger partial charge on any atom is 0.221 e. The maximum atomic E-state index is 10.9. The monoisotopic (exact) mass is 240 g/mol. The number of aryl methyl sites for hydroxylation is 1. The molecule has 0 radical (unpaired) electrons. The molecule has 0 aliphatic rings. The van der Waals surface area contributed by atoms with E-state index in [4.69, 9.17) is 10.5 Å². The minimum atomic E-state index is -0.157. The summed E-state index contributed by atoms with van der Waals surface area (Å²) in [4.78, 5) is 10.9. The van der Waals surface area contributed by atoms with Gasteiger partial charge >= 0.3 is 0 Å². The van der Waals surface area contributed by atoms with Crippen LogP contribution in [-0.2, 0) is 4.79 Å². The fourth-order valence-corrected chi connectivity index (χ4v) is 1.30. The fourth-order valence-electron chi connectivity index (χ4n) is 1.30. The van der Waals surface area contributed by atoms with Gasteiger partial charge in [-0.1, -0.05) is 6.07 Å². The zero-order chi connectivity index (χ0) is 13.5. The SMILES string of the molecule is CC(=O)Nc1ccc(C)c(NC=C(C#N)C#N)c1. The zero-order valence-corrected chi connectivity index (χ0v) is 10.1. The molecule has 0 saturated heterocycles. The average molecular weight is 240 g/mol. The molecule has 0 atom stereocenters. The maximum absolute atomic E-state index is 10.9. The van der Waals surface area contributed by atoms with Gasteiger partial charge in [-0.25, -0.2) is 0 Å². The van der Waals surface area contributed by atoms with E-state index in [1.807, 2.05) is 13.0 Å². The van der Waals surface area contributed by atoms with Crippen LogP contribution in [0, 0.1) is 29.6 Å². The van der Waals surface area contributed by atoms with Crippen LogP contribution in [0.25, 0.3) is 0 Å². The van der Waals surface area contributed by atoms with Gasteiger partial charge in [0.05, 0.1) is 0 Å². The molecule has 1 aromatic carbocycles. The summed E-state index contributed by atoms with van der Waals surface area (Å²) in [5.41, 5.74) is 2.30. The molecule has 0 aromatic heterocycles. The van der Waals surface area contributed by atoms with Gasteiger partial charge in [-0.15, -0.1) is 0 Å². The van der Waals surface area contributed by atoms with Crippen molar-refractivity contribution < 1.29 is 4.79 Å². The molecule has 0 saturated carbocycles. The van der Waals surface area contributed by atoms with E-state index >= 15 is 0 Å². The van der Waals surface area contributed by atoms with Crippen LogP contribution in [-0.4, -0.2) is 5.91 Å². The molecule has 5 heteroatoms. The molecule has 1 rings (SSSR count). The second-order valence-corrected chi connectivity index (χ2v) is 3.64. The van der Waals surface area contributed by atoms with Gasteiger partial charge in [-0.05, 0) is 24.6 Å². The van der Waals surface area contributed by atoms with Gasteiger partial charge in [-0.2, -0.15) is 10.5 Å². The molecule has 0 bridgehead atoms. The van der Waals surface area contributed by atoms with Gasteiger partial charge in [0.2, 0.25) is 5.91 Å². The van der Waals surface area contributed by atoms with E-state index < -0.39 is 0 Å². The molecule has 90 valence electrons. The van der Waals surface area contributed by atoms with Crippen LogP contribution in [0.3, 0.4) is 0 Å². The van der Waals surface area contributed by atoms with Crippen LogP contribution in [0.5, 0.6) is 0 Å². The first kappa shape index (κ1) is 13.3. The number of amides is 1. The molecule has 0 aliphatic heterocycles. The van der Waals surface area contributed by atoms with E-state index in [1.165, 1.54) is 13.1 Å². The first-order valence-corrected chi connectivity index (χ1v) is 5.22. The second kappa shape index (κ2) is 6.07. The van der Waals surface area contributed by atoms with Crippen molar-refractivity contribution in [2.24, 2.45) is 0 Å². The Morgan fingerprint density at radius 1 is 1.33 bits per heavy atom. The van der Waals surface area contributed by atoms with E-state index in [-0.39, 0.29) is 11.5 Å². The highest BCUT2D eigenvalue weighted by atomic mass is 16.1. The predicted octanol–water partition coefficient (Wildman–Crippen LogP) is 2.30. The first-order chi connectivity index (χ1) is 8.56. The molecular weight excluding hydrogens is 228 g/mol. The number of hydrogen-bond acceptors (Lipinski definition) is 4. The summed E-state index contributed by atoms with van der Waals surface area (Å²) in [5.74, 6) is -0.157. The normalized spacial score (nSPS) is 8.67. The first-order valence-electron chi connectivity index (χ1n) is 5.22. The third-order valence-corrected chi connectivity index (χ3v) is 2.17. The van der Waals surface area contributed by atoms with Crippen molar-refractivity contribution in [2.75, 3.05) is 10.6 Å². The topological polar surface area (TPSA) is 88.7 Å². The van der Waals surface area contributed by atoms with E-state index in [1.54, 1.807) is 24.3 Å². The summed E-state index contributed by atoms with van der Waals surface area (Å²) in [5, 5.41) is 22.7. The Hall–Kier alpha value is -2.79. The highest BCUT2D eigenvalue weighted by Gasteiger charge is 2.01. The Labute approximate surface area is 105 Å². The highest BCUT2D eigenvalue weighted by molar-refractivity contribution is 5.89. The number of allylic oxidation sites excluding steroid dienone is 1. The van der Waals surface area contributed by atoms with Crippen LogP contribution in [0.15, 0.2) is 30.0 Å². The summed E-state index contributed by atoms with van der Waals surface area (Å²) >= 11 is 0. The number of carbonyl (C=O) groups excluding carboxylic acids is 1. The number of nitrogens with one attached hydrogen (secondary N) is 2. The molecule has 5 nitrogen and oxygen atoms in total. The Morgan fingerprint density at radius 3 is 2.56 bits per heavy atom. The second-order valence-electron chi connectivity index (χ2n) is 3.64. The number of nitrogens with zero attached hydrogens (tertiary/aromatic N) is 2. The Balaban J connectivity index is 2.96. The molecule has 0 fully saturated rings. The minimum absolute atomic E-state index is 0.0145. The molecular formula is C13H12N4O. The van der Waals surface area contributed by atoms with Gasteiger partial charge in [-0.3, -0.25) is 4.79 Å². The Morgan fingerprint density at radius 2 is 2.00 bits per heavy atom. The van der Waals surface area contributed by atoms with Gasteiger partial charge < -0.3 is 10.6 Å². The predicted molar refractivity (Wildman–Crippen MR) is 68.4 cm³/mol. The van der Waals surface area contributed by atoms with E-state index in [9.17, 15) is 4.79 Å². The van der Waals surface area contributed by atoms with Gasteiger partial charge in [0.15, 0.2) is 0 Å². The number of carbonyl (C=O) groups is 1. The number of rotatable bonds is 3. The summed E-state index contributed by atoms with van der Waals surface area (Å²) in [6, 6.07) is 8.86.